The highest BCUT2D eigenvalue weighted by Crippen LogP contribution is 2.32. The molecule has 124 valence electrons. The molecule has 1 fully saturated rings. The van der Waals surface area contributed by atoms with Crippen molar-refractivity contribution in [2.45, 2.75) is 13.0 Å². The predicted molar refractivity (Wildman–Crippen MR) is 92.2 cm³/mol. The quantitative estimate of drug-likeness (QED) is 0.799. The van der Waals surface area contributed by atoms with Gasteiger partial charge in [-0.1, -0.05) is 6.07 Å². The van der Waals surface area contributed by atoms with Gasteiger partial charge in [-0.3, -0.25) is 19.3 Å². The molecular formula is C16H14N2O4S2. The molecule has 0 saturated carbocycles. The first kappa shape index (κ1) is 16.5. The van der Waals surface area contributed by atoms with E-state index in [4.69, 9.17) is 4.42 Å². The second-order valence-electron chi connectivity index (χ2n) is 4.95. The molecule has 0 atom stereocenters. The summed E-state index contributed by atoms with van der Waals surface area (Å²) in [7, 11) is 0. The number of nitrogens with one attached hydrogen (secondary N) is 1. The van der Waals surface area contributed by atoms with Crippen molar-refractivity contribution in [1.29, 1.82) is 0 Å². The fraction of sp³-hybridized carbons (Fsp3) is 0.188. The van der Waals surface area contributed by atoms with E-state index in [1.165, 1.54) is 17.6 Å². The van der Waals surface area contributed by atoms with Crippen LogP contribution in [0.5, 0.6) is 0 Å². The minimum absolute atomic E-state index is 0.0605. The van der Waals surface area contributed by atoms with Gasteiger partial charge >= 0.3 is 0 Å². The summed E-state index contributed by atoms with van der Waals surface area (Å²) in [6.07, 6.45) is 3.29. The van der Waals surface area contributed by atoms with Crippen LogP contribution in [0, 0.1) is 0 Å². The molecule has 1 N–H and O–H groups in total. The van der Waals surface area contributed by atoms with Crippen LogP contribution in [0.1, 0.15) is 17.1 Å². The van der Waals surface area contributed by atoms with Gasteiger partial charge in [0, 0.05) is 17.8 Å². The Morgan fingerprint density at radius 1 is 1.29 bits per heavy atom. The molecule has 0 aliphatic carbocycles. The molecule has 2 aromatic rings. The highest BCUT2D eigenvalue weighted by Gasteiger charge is 2.35. The smallest absolute Gasteiger partial charge is 0.293 e. The van der Waals surface area contributed by atoms with Gasteiger partial charge < -0.3 is 9.73 Å². The van der Waals surface area contributed by atoms with Gasteiger partial charge in [0.2, 0.25) is 5.91 Å². The molecule has 3 amide bonds. The van der Waals surface area contributed by atoms with E-state index in [1.54, 1.807) is 18.2 Å². The van der Waals surface area contributed by atoms with Gasteiger partial charge in [-0.15, -0.1) is 11.3 Å². The number of thiophene rings is 1. The number of imide groups is 1. The minimum atomic E-state index is -0.350. The molecule has 2 aromatic heterocycles. The number of amides is 3. The monoisotopic (exact) mass is 362 g/mol. The Hall–Kier alpha value is -2.32. The fourth-order valence-corrected chi connectivity index (χ4v) is 3.68. The van der Waals surface area contributed by atoms with Gasteiger partial charge in [0.25, 0.3) is 11.1 Å². The van der Waals surface area contributed by atoms with Crippen LogP contribution in [-0.4, -0.2) is 28.5 Å². The van der Waals surface area contributed by atoms with Crippen molar-refractivity contribution >= 4 is 46.2 Å². The van der Waals surface area contributed by atoms with Crippen molar-refractivity contribution in [2.75, 3.05) is 6.54 Å². The molecule has 8 heteroatoms. The SMILES string of the molecule is O=C(CCN1C(=O)S/C(=C/c2cccs2)C1=O)NCc1ccco1. The first-order valence-electron chi connectivity index (χ1n) is 7.21. The molecule has 0 unspecified atom stereocenters. The molecule has 1 aliphatic heterocycles. The van der Waals surface area contributed by atoms with Gasteiger partial charge in [-0.2, -0.15) is 0 Å². The molecular weight excluding hydrogens is 348 g/mol. The first-order chi connectivity index (χ1) is 11.6. The molecule has 0 aromatic carbocycles. The van der Waals surface area contributed by atoms with E-state index in [9.17, 15) is 14.4 Å². The van der Waals surface area contributed by atoms with Gasteiger partial charge in [-0.05, 0) is 41.4 Å². The summed E-state index contributed by atoms with van der Waals surface area (Å²) < 4.78 is 5.12. The van der Waals surface area contributed by atoms with Crippen LogP contribution >= 0.6 is 23.1 Å². The zero-order valence-corrected chi connectivity index (χ0v) is 14.2. The van der Waals surface area contributed by atoms with E-state index in [0.29, 0.717) is 10.7 Å². The lowest BCUT2D eigenvalue weighted by Gasteiger charge is -2.11. The van der Waals surface area contributed by atoms with Gasteiger partial charge in [-0.25, -0.2) is 0 Å². The Morgan fingerprint density at radius 3 is 2.88 bits per heavy atom. The molecule has 1 aliphatic rings. The first-order valence-corrected chi connectivity index (χ1v) is 8.91. The summed E-state index contributed by atoms with van der Waals surface area (Å²) in [5, 5.41) is 4.24. The lowest BCUT2D eigenvalue weighted by Crippen LogP contribution is -2.33. The molecule has 3 heterocycles. The molecule has 0 bridgehead atoms. The molecule has 6 nitrogen and oxygen atoms in total. The van der Waals surface area contributed by atoms with Crippen molar-refractivity contribution in [1.82, 2.24) is 10.2 Å². The lowest BCUT2D eigenvalue weighted by molar-refractivity contribution is -0.124. The summed E-state index contributed by atoms with van der Waals surface area (Å²) in [5.74, 6) is 0.0540. The topological polar surface area (TPSA) is 79.6 Å². The maximum Gasteiger partial charge on any atom is 0.293 e. The van der Waals surface area contributed by atoms with Crippen LogP contribution in [0.25, 0.3) is 6.08 Å². The number of thioether (sulfide) groups is 1. The molecule has 0 radical (unpaired) electrons. The number of hydrogen-bond donors (Lipinski definition) is 1. The van der Waals surface area contributed by atoms with Crippen LogP contribution in [-0.2, 0) is 16.1 Å². The van der Waals surface area contributed by atoms with Gasteiger partial charge in [0.05, 0.1) is 17.7 Å². The summed E-state index contributed by atoms with van der Waals surface area (Å²) >= 11 is 2.39. The zero-order valence-electron chi connectivity index (χ0n) is 12.6. The van der Waals surface area contributed by atoms with E-state index in [0.717, 1.165) is 21.5 Å². The van der Waals surface area contributed by atoms with Crippen LogP contribution < -0.4 is 5.32 Å². The normalized spacial score (nSPS) is 16.2. The minimum Gasteiger partial charge on any atom is -0.467 e. The summed E-state index contributed by atoms with van der Waals surface area (Å²) in [4.78, 5) is 38.5. The van der Waals surface area contributed by atoms with Gasteiger partial charge in [0.1, 0.15) is 5.76 Å². The Kier molecular flexibility index (Phi) is 5.17. The molecule has 0 spiro atoms. The van der Waals surface area contributed by atoms with E-state index in [1.807, 2.05) is 17.5 Å². The van der Waals surface area contributed by atoms with E-state index >= 15 is 0 Å². The highest BCUT2D eigenvalue weighted by molar-refractivity contribution is 8.18. The third-order valence-corrected chi connectivity index (χ3v) is 5.02. The number of carbonyl (C=O) groups is 3. The fourth-order valence-electron chi connectivity index (χ4n) is 2.10. The number of furan rings is 1. The van der Waals surface area contributed by atoms with Crippen LogP contribution in [0.3, 0.4) is 0 Å². The second-order valence-corrected chi connectivity index (χ2v) is 6.93. The number of hydrogen-bond acceptors (Lipinski definition) is 6. The Balaban J connectivity index is 1.52. The standard InChI is InChI=1S/C16H14N2O4S2/c19-14(17-10-11-3-1-7-22-11)5-6-18-15(20)13(24-16(18)21)9-12-4-2-8-23-12/h1-4,7-9H,5-6,10H2,(H,17,19)/b13-9+. The summed E-state index contributed by atoms with van der Waals surface area (Å²) in [6.45, 7) is 0.350. The number of carbonyl (C=O) groups excluding carboxylic acids is 3. The predicted octanol–water partition coefficient (Wildman–Crippen LogP) is 3.08. The van der Waals surface area contributed by atoms with Crippen LogP contribution in [0.15, 0.2) is 45.2 Å². The Bertz CT molecular complexity index is 766. The Labute approximate surface area is 146 Å². The van der Waals surface area contributed by atoms with Crippen molar-refractivity contribution in [3.05, 3.63) is 51.5 Å². The zero-order chi connectivity index (χ0) is 16.9. The Morgan fingerprint density at radius 2 is 2.17 bits per heavy atom. The van der Waals surface area contributed by atoms with Crippen molar-refractivity contribution in [3.8, 4) is 0 Å². The van der Waals surface area contributed by atoms with E-state index in [-0.39, 0.29) is 36.6 Å². The average molecular weight is 362 g/mol. The van der Waals surface area contributed by atoms with Crippen molar-refractivity contribution < 1.29 is 18.8 Å². The lowest BCUT2D eigenvalue weighted by atomic mass is 10.3. The maximum absolute atomic E-state index is 12.3. The highest BCUT2D eigenvalue weighted by atomic mass is 32.2. The van der Waals surface area contributed by atoms with Gasteiger partial charge in [0.15, 0.2) is 0 Å². The average Bonchev–Trinajstić information content (AvgIpc) is 3.29. The largest absolute Gasteiger partial charge is 0.467 e. The van der Waals surface area contributed by atoms with Crippen LogP contribution in [0.4, 0.5) is 4.79 Å². The molecule has 1 saturated heterocycles. The molecule has 3 rings (SSSR count). The number of rotatable bonds is 6. The van der Waals surface area contributed by atoms with E-state index in [2.05, 4.69) is 5.32 Å². The third kappa shape index (κ3) is 3.95. The second kappa shape index (κ2) is 7.50. The van der Waals surface area contributed by atoms with Crippen LogP contribution in [0.2, 0.25) is 0 Å². The maximum atomic E-state index is 12.3. The molecule has 24 heavy (non-hydrogen) atoms. The summed E-state index contributed by atoms with van der Waals surface area (Å²) in [5.41, 5.74) is 0. The number of nitrogens with zero attached hydrogens (tertiary/aromatic N) is 1. The van der Waals surface area contributed by atoms with Crippen molar-refractivity contribution in [2.24, 2.45) is 0 Å². The summed E-state index contributed by atoms with van der Waals surface area (Å²) in [6, 6.07) is 7.25. The van der Waals surface area contributed by atoms with E-state index < -0.39 is 0 Å². The third-order valence-electron chi connectivity index (χ3n) is 3.29. The van der Waals surface area contributed by atoms with Crippen molar-refractivity contribution in [3.63, 3.8) is 0 Å².